The molecule has 1 atom stereocenters. The highest BCUT2D eigenvalue weighted by Gasteiger charge is 2.21. The Kier molecular flexibility index (Phi) is 3.61. The number of nitriles is 1. The topological polar surface area (TPSA) is 108 Å². The first kappa shape index (κ1) is 12.8. The number of piperidine rings is 1. The number of anilines is 1. The number of nitrogens with one attached hydrogen (secondary N) is 2. The lowest BCUT2D eigenvalue weighted by Crippen LogP contribution is -2.41. The third kappa shape index (κ3) is 2.98. The minimum absolute atomic E-state index is 0.0154. The zero-order valence-electron chi connectivity index (χ0n) is 10.0. The average molecular weight is 260 g/mol. The monoisotopic (exact) mass is 260 g/mol. The summed E-state index contributed by atoms with van der Waals surface area (Å²) in [6, 6.07) is 6.05. The number of hydrogen-bond donors (Lipinski definition) is 2. The number of hydrogen-bond acceptors (Lipinski definition) is 5. The lowest BCUT2D eigenvalue weighted by atomic mass is 10.1. The van der Waals surface area contributed by atoms with Crippen LogP contribution in [0.5, 0.6) is 0 Å². The van der Waals surface area contributed by atoms with Gasteiger partial charge in [-0.05, 0) is 18.6 Å². The molecule has 98 valence electrons. The van der Waals surface area contributed by atoms with Gasteiger partial charge in [-0.15, -0.1) is 0 Å². The first-order chi connectivity index (χ1) is 9.10. The molecule has 0 aromatic heterocycles. The molecule has 1 aromatic carbocycles. The van der Waals surface area contributed by atoms with E-state index >= 15 is 0 Å². The van der Waals surface area contributed by atoms with Gasteiger partial charge in [-0.25, -0.2) is 0 Å². The van der Waals surface area contributed by atoms with Crippen molar-refractivity contribution in [2.24, 2.45) is 0 Å². The number of nitrogens with zero attached hydrogens (tertiary/aromatic N) is 2. The molecule has 1 fully saturated rings. The zero-order chi connectivity index (χ0) is 13.8. The summed E-state index contributed by atoms with van der Waals surface area (Å²) in [6.45, 7) is 0.423. The number of nitro groups is 1. The Hall–Kier alpha value is -2.62. The van der Waals surface area contributed by atoms with Crippen molar-refractivity contribution in [2.75, 3.05) is 11.9 Å². The number of amides is 1. The molecule has 0 radical (unpaired) electrons. The summed E-state index contributed by atoms with van der Waals surface area (Å²) in [7, 11) is 0. The van der Waals surface area contributed by atoms with Crippen molar-refractivity contribution in [3.63, 3.8) is 0 Å². The van der Waals surface area contributed by atoms with Crippen LogP contribution in [0.1, 0.15) is 18.4 Å². The van der Waals surface area contributed by atoms with E-state index in [9.17, 15) is 14.9 Å². The molecule has 0 aliphatic carbocycles. The second-order valence-electron chi connectivity index (χ2n) is 4.28. The number of carbonyl (C=O) groups excluding carboxylic acids is 1. The Morgan fingerprint density at radius 3 is 2.89 bits per heavy atom. The Morgan fingerprint density at radius 2 is 2.32 bits per heavy atom. The maximum Gasteiger partial charge on any atom is 0.292 e. The third-order valence-corrected chi connectivity index (χ3v) is 2.95. The Morgan fingerprint density at radius 1 is 1.53 bits per heavy atom. The quantitative estimate of drug-likeness (QED) is 0.626. The maximum absolute atomic E-state index is 11.0. The van der Waals surface area contributed by atoms with E-state index in [4.69, 9.17) is 5.26 Å². The Bertz CT molecular complexity index is 555. The highest BCUT2D eigenvalue weighted by Crippen LogP contribution is 2.26. The van der Waals surface area contributed by atoms with Crippen LogP contribution in [0.2, 0.25) is 0 Å². The van der Waals surface area contributed by atoms with E-state index in [0.717, 1.165) is 0 Å². The molecule has 0 bridgehead atoms. The van der Waals surface area contributed by atoms with Gasteiger partial charge in [-0.2, -0.15) is 5.26 Å². The standard InChI is InChI=1S/C12H12N4O3/c13-6-8-1-3-11(16(18)19)10(5-8)15-9-2-4-12(17)14-7-9/h1,3,5,9,15H,2,4,7H2,(H,14,17). The van der Waals surface area contributed by atoms with Crippen molar-refractivity contribution in [3.8, 4) is 6.07 Å². The summed E-state index contributed by atoms with van der Waals surface area (Å²) in [6.07, 6.45) is 1.00. The largest absolute Gasteiger partial charge is 0.375 e. The molecule has 1 aromatic rings. The normalized spacial score (nSPS) is 18.3. The van der Waals surface area contributed by atoms with Crippen LogP contribution < -0.4 is 10.6 Å². The molecular formula is C12H12N4O3. The van der Waals surface area contributed by atoms with Crippen LogP contribution in [0.25, 0.3) is 0 Å². The van der Waals surface area contributed by atoms with E-state index in [2.05, 4.69) is 10.6 Å². The fraction of sp³-hybridized carbons (Fsp3) is 0.333. The van der Waals surface area contributed by atoms with Gasteiger partial charge in [0.1, 0.15) is 5.69 Å². The molecule has 19 heavy (non-hydrogen) atoms. The molecule has 1 heterocycles. The average Bonchev–Trinajstić information content (AvgIpc) is 2.41. The third-order valence-electron chi connectivity index (χ3n) is 2.95. The number of rotatable bonds is 3. The van der Waals surface area contributed by atoms with Gasteiger partial charge < -0.3 is 10.6 Å². The first-order valence-corrected chi connectivity index (χ1v) is 5.82. The van der Waals surface area contributed by atoms with Crippen molar-refractivity contribution in [1.82, 2.24) is 5.32 Å². The molecule has 1 aliphatic heterocycles. The zero-order valence-corrected chi connectivity index (χ0v) is 10.0. The minimum atomic E-state index is -0.495. The van der Waals surface area contributed by atoms with Crippen LogP contribution in [0.3, 0.4) is 0 Å². The van der Waals surface area contributed by atoms with E-state index in [0.29, 0.717) is 30.6 Å². The molecule has 2 rings (SSSR count). The van der Waals surface area contributed by atoms with E-state index in [1.54, 1.807) is 0 Å². The highest BCUT2D eigenvalue weighted by atomic mass is 16.6. The van der Waals surface area contributed by atoms with Crippen LogP contribution in [0.15, 0.2) is 18.2 Å². The summed E-state index contributed by atoms with van der Waals surface area (Å²) in [4.78, 5) is 21.5. The SMILES string of the molecule is N#Cc1ccc([N+](=O)[O-])c(NC2CCC(=O)NC2)c1. The summed E-state index contributed by atoms with van der Waals surface area (Å²) < 4.78 is 0. The summed E-state index contributed by atoms with van der Waals surface area (Å²) in [5.74, 6) is -0.0154. The molecular weight excluding hydrogens is 248 g/mol. The maximum atomic E-state index is 11.0. The summed E-state index contributed by atoms with van der Waals surface area (Å²) in [5, 5.41) is 25.5. The minimum Gasteiger partial charge on any atom is -0.375 e. The van der Waals surface area contributed by atoms with Gasteiger partial charge in [0.05, 0.1) is 16.6 Å². The van der Waals surface area contributed by atoms with Crippen LogP contribution >= 0.6 is 0 Å². The van der Waals surface area contributed by atoms with Gasteiger partial charge in [0, 0.05) is 25.1 Å². The molecule has 1 aliphatic rings. The van der Waals surface area contributed by atoms with E-state index in [1.807, 2.05) is 6.07 Å². The van der Waals surface area contributed by atoms with Crippen LogP contribution in [0, 0.1) is 21.4 Å². The summed E-state index contributed by atoms with van der Waals surface area (Å²) >= 11 is 0. The van der Waals surface area contributed by atoms with Crippen LogP contribution in [-0.4, -0.2) is 23.4 Å². The Balaban J connectivity index is 2.20. The highest BCUT2D eigenvalue weighted by molar-refractivity contribution is 5.77. The molecule has 7 nitrogen and oxygen atoms in total. The van der Waals surface area contributed by atoms with Crippen molar-refractivity contribution >= 4 is 17.3 Å². The number of benzene rings is 1. The molecule has 2 N–H and O–H groups in total. The second kappa shape index (κ2) is 5.35. The molecule has 7 heteroatoms. The van der Waals surface area contributed by atoms with E-state index in [1.165, 1.54) is 18.2 Å². The van der Waals surface area contributed by atoms with Gasteiger partial charge in [0.15, 0.2) is 0 Å². The van der Waals surface area contributed by atoms with Crippen molar-refractivity contribution < 1.29 is 9.72 Å². The van der Waals surface area contributed by atoms with Crippen molar-refractivity contribution in [1.29, 1.82) is 5.26 Å². The predicted molar refractivity (Wildman–Crippen MR) is 67.5 cm³/mol. The molecule has 0 spiro atoms. The smallest absolute Gasteiger partial charge is 0.292 e. The lowest BCUT2D eigenvalue weighted by molar-refractivity contribution is -0.384. The second-order valence-corrected chi connectivity index (χ2v) is 4.28. The van der Waals surface area contributed by atoms with Gasteiger partial charge in [-0.3, -0.25) is 14.9 Å². The van der Waals surface area contributed by atoms with Crippen LogP contribution in [-0.2, 0) is 4.79 Å². The molecule has 1 saturated heterocycles. The predicted octanol–water partition coefficient (Wildman–Crippen LogP) is 1.16. The van der Waals surface area contributed by atoms with E-state index < -0.39 is 4.92 Å². The van der Waals surface area contributed by atoms with Gasteiger partial charge in [0.2, 0.25) is 5.91 Å². The van der Waals surface area contributed by atoms with Crippen molar-refractivity contribution in [2.45, 2.75) is 18.9 Å². The van der Waals surface area contributed by atoms with Gasteiger partial charge in [0.25, 0.3) is 5.69 Å². The number of carbonyl (C=O) groups is 1. The first-order valence-electron chi connectivity index (χ1n) is 5.82. The van der Waals surface area contributed by atoms with Crippen LogP contribution in [0.4, 0.5) is 11.4 Å². The summed E-state index contributed by atoms with van der Waals surface area (Å²) in [5.41, 5.74) is 0.592. The molecule has 0 saturated carbocycles. The van der Waals surface area contributed by atoms with Crippen molar-refractivity contribution in [3.05, 3.63) is 33.9 Å². The fourth-order valence-electron chi connectivity index (χ4n) is 1.96. The fourth-order valence-corrected chi connectivity index (χ4v) is 1.96. The van der Waals surface area contributed by atoms with Gasteiger partial charge in [-0.1, -0.05) is 0 Å². The Labute approximate surface area is 109 Å². The molecule has 1 unspecified atom stereocenters. The molecule has 1 amide bonds. The number of nitro benzene ring substituents is 1. The van der Waals surface area contributed by atoms with E-state index in [-0.39, 0.29) is 17.6 Å². The lowest BCUT2D eigenvalue weighted by Gasteiger charge is -2.24. The van der Waals surface area contributed by atoms with Gasteiger partial charge >= 0.3 is 0 Å².